The molecule has 3 heterocycles. The predicted octanol–water partition coefficient (Wildman–Crippen LogP) is 3.15. The number of pyridine rings is 2. The Hall–Kier alpha value is -3.76. The van der Waals surface area contributed by atoms with Crippen molar-refractivity contribution in [2.24, 2.45) is 5.73 Å². The van der Waals surface area contributed by atoms with E-state index in [1.54, 1.807) is 6.20 Å². The lowest BCUT2D eigenvalue weighted by Gasteiger charge is -2.29. The van der Waals surface area contributed by atoms with Crippen LogP contribution in [0.15, 0.2) is 79.3 Å². The molecular formula is C30H32FN5O3. The van der Waals surface area contributed by atoms with Gasteiger partial charge < -0.3 is 26.2 Å². The number of ether oxygens (including phenoxy) is 1. The first-order valence-electron chi connectivity index (χ1n) is 13.1. The van der Waals surface area contributed by atoms with Gasteiger partial charge in [-0.25, -0.2) is 4.39 Å². The zero-order valence-corrected chi connectivity index (χ0v) is 21.5. The number of aliphatic hydroxyl groups excluding tert-OH is 1. The highest BCUT2D eigenvalue weighted by Crippen LogP contribution is 2.33. The first-order chi connectivity index (χ1) is 19.0. The van der Waals surface area contributed by atoms with Crippen LogP contribution < -0.4 is 16.4 Å². The maximum Gasteiger partial charge on any atom is 0.242 e. The van der Waals surface area contributed by atoms with Gasteiger partial charge in [-0.1, -0.05) is 48.5 Å². The molecule has 1 unspecified atom stereocenters. The number of aliphatic hydroxyl groups is 1. The van der Waals surface area contributed by atoms with E-state index in [1.807, 2.05) is 60.7 Å². The summed E-state index contributed by atoms with van der Waals surface area (Å²) >= 11 is 0. The van der Waals surface area contributed by atoms with Gasteiger partial charge in [0.15, 0.2) is 0 Å². The number of hydrogen-bond acceptors (Lipinski definition) is 7. The van der Waals surface area contributed by atoms with Crippen molar-refractivity contribution in [3.8, 4) is 0 Å². The van der Waals surface area contributed by atoms with Crippen LogP contribution in [0.3, 0.4) is 0 Å². The van der Waals surface area contributed by atoms with Gasteiger partial charge in [0.1, 0.15) is 5.82 Å². The second-order valence-corrected chi connectivity index (χ2v) is 9.75. The molecule has 2 aromatic carbocycles. The molecule has 1 aliphatic rings. The van der Waals surface area contributed by atoms with Crippen LogP contribution in [0, 0.1) is 5.82 Å². The van der Waals surface area contributed by atoms with E-state index >= 15 is 0 Å². The van der Waals surface area contributed by atoms with Crippen LogP contribution in [-0.4, -0.2) is 58.9 Å². The summed E-state index contributed by atoms with van der Waals surface area (Å²) in [6.45, 7) is 0.952. The van der Waals surface area contributed by atoms with E-state index in [9.17, 15) is 14.3 Å². The van der Waals surface area contributed by atoms with Gasteiger partial charge in [0, 0.05) is 29.6 Å². The zero-order valence-electron chi connectivity index (χ0n) is 21.5. The third-order valence-corrected chi connectivity index (χ3v) is 7.21. The van der Waals surface area contributed by atoms with Crippen LogP contribution >= 0.6 is 0 Å². The fourth-order valence-corrected chi connectivity index (χ4v) is 5.10. The minimum Gasteiger partial charge on any atom is -0.395 e. The van der Waals surface area contributed by atoms with Crippen molar-refractivity contribution in [3.63, 3.8) is 0 Å². The molecule has 9 heteroatoms. The molecule has 4 atom stereocenters. The molecule has 1 amide bonds. The summed E-state index contributed by atoms with van der Waals surface area (Å²) in [5.74, 6) is -1.41. The number of morpholine rings is 1. The lowest BCUT2D eigenvalue weighted by molar-refractivity contribution is -0.117. The number of para-hydroxylation sites is 1. The second kappa shape index (κ2) is 12.4. The maximum absolute atomic E-state index is 14.9. The zero-order chi connectivity index (χ0) is 27.2. The van der Waals surface area contributed by atoms with E-state index in [0.717, 1.165) is 28.2 Å². The summed E-state index contributed by atoms with van der Waals surface area (Å²) in [6, 6.07) is 18.2. The standard InChI is InChI=1S/C30H32FN5O3/c31-25-15-33-16-27(24(25)11-10-21-14-35-20(17-37)18-39-21)36-30(38)29(32)28(19-6-2-1-3-7-19)23-12-13-34-26-9-5-4-8-22(23)26/h1-9,12-13,15-16,20-21,28-29,35,37H,10-11,14,17-18,32H2,(H,36,38)/t20-,21-,28?,29-/m1/s1. The predicted molar refractivity (Wildman–Crippen MR) is 148 cm³/mol. The minimum absolute atomic E-state index is 0.00139. The number of hydrogen-bond donors (Lipinski definition) is 4. The number of benzene rings is 2. The number of halogens is 1. The number of amides is 1. The van der Waals surface area contributed by atoms with E-state index in [-0.39, 0.29) is 18.8 Å². The topological polar surface area (TPSA) is 122 Å². The Morgan fingerprint density at radius 1 is 1.15 bits per heavy atom. The number of carbonyl (C=O) groups excluding carboxylic acids is 1. The lowest BCUT2D eigenvalue weighted by atomic mass is 9.83. The van der Waals surface area contributed by atoms with Crippen LogP contribution in [-0.2, 0) is 16.0 Å². The number of carbonyl (C=O) groups is 1. The van der Waals surface area contributed by atoms with Crippen molar-refractivity contribution in [2.45, 2.75) is 36.9 Å². The van der Waals surface area contributed by atoms with Crippen LogP contribution in [0.4, 0.5) is 10.1 Å². The van der Waals surface area contributed by atoms with E-state index in [0.29, 0.717) is 37.2 Å². The highest BCUT2D eigenvalue weighted by Gasteiger charge is 2.30. The van der Waals surface area contributed by atoms with Crippen molar-refractivity contribution < 1.29 is 19.0 Å². The third kappa shape index (κ3) is 6.12. The fourth-order valence-electron chi connectivity index (χ4n) is 5.10. The summed E-state index contributed by atoms with van der Waals surface area (Å²) < 4.78 is 20.7. The molecule has 1 saturated heterocycles. The van der Waals surface area contributed by atoms with Crippen molar-refractivity contribution in [2.75, 3.05) is 25.1 Å². The van der Waals surface area contributed by atoms with Gasteiger partial charge in [-0.2, -0.15) is 0 Å². The second-order valence-electron chi connectivity index (χ2n) is 9.75. The Morgan fingerprint density at radius 2 is 1.95 bits per heavy atom. The number of aromatic nitrogens is 2. The molecule has 5 N–H and O–H groups in total. The Balaban J connectivity index is 1.39. The lowest BCUT2D eigenvalue weighted by Crippen LogP contribution is -2.48. The van der Waals surface area contributed by atoms with Crippen LogP contribution in [0.2, 0.25) is 0 Å². The molecule has 1 fully saturated rings. The highest BCUT2D eigenvalue weighted by atomic mass is 19.1. The molecule has 5 rings (SSSR count). The molecule has 0 spiro atoms. The van der Waals surface area contributed by atoms with E-state index in [4.69, 9.17) is 10.5 Å². The van der Waals surface area contributed by atoms with Gasteiger partial charge in [0.05, 0.1) is 55.0 Å². The van der Waals surface area contributed by atoms with Crippen molar-refractivity contribution >= 4 is 22.5 Å². The molecule has 0 bridgehead atoms. The van der Waals surface area contributed by atoms with Crippen molar-refractivity contribution in [3.05, 3.63) is 102 Å². The Kier molecular flexibility index (Phi) is 8.53. The van der Waals surface area contributed by atoms with Gasteiger partial charge in [0.25, 0.3) is 0 Å². The third-order valence-electron chi connectivity index (χ3n) is 7.21. The summed E-state index contributed by atoms with van der Waals surface area (Å²) in [4.78, 5) is 22.0. The summed E-state index contributed by atoms with van der Waals surface area (Å²) in [7, 11) is 0. The number of nitrogens with one attached hydrogen (secondary N) is 2. The largest absolute Gasteiger partial charge is 0.395 e. The Morgan fingerprint density at radius 3 is 2.72 bits per heavy atom. The monoisotopic (exact) mass is 529 g/mol. The van der Waals surface area contributed by atoms with E-state index in [1.165, 1.54) is 6.20 Å². The molecule has 39 heavy (non-hydrogen) atoms. The van der Waals surface area contributed by atoms with Gasteiger partial charge >= 0.3 is 0 Å². The summed E-state index contributed by atoms with van der Waals surface area (Å²) in [5.41, 5.74) is 9.90. The number of rotatable bonds is 9. The maximum atomic E-state index is 14.9. The average molecular weight is 530 g/mol. The smallest absolute Gasteiger partial charge is 0.242 e. The summed E-state index contributed by atoms with van der Waals surface area (Å²) in [5, 5.41) is 16.2. The van der Waals surface area contributed by atoms with Gasteiger partial charge in [-0.05, 0) is 36.1 Å². The van der Waals surface area contributed by atoms with Gasteiger partial charge in [-0.15, -0.1) is 0 Å². The van der Waals surface area contributed by atoms with Crippen LogP contribution in [0.25, 0.3) is 10.9 Å². The molecule has 2 aromatic heterocycles. The van der Waals surface area contributed by atoms with E-state index < -0.39 is 23.7 Å². The molecule has 1 aliphatic heterocycles. The van der Waals surface area contributed by atoms with Gasteiger partial charge in [-0.3, -0.25) is 14.8 Å². The normalized spacial score (nSPS) is 18.9. The first-order valence-corrected chi connectivity index (χ1v) is 13.1. The van der Waals surface area contributed by atoms with Crippen LogP contribution in [0.1, 0.15) is 29.0 Å². The summed E-state index contributed by atoms with van der Waals surface area (Å²) in [6.07, 6.45) is 5.06. The van der Waals surface area contributed by atoms with Crippen molar-refractivity contribution in [1.29, 1.82) is 0 Å². The van der Waals surface area contributed by atoms with Gasteiger partial charge in [0.2, 0.25) is 5.91 Å². The highest BCUT2D eigenvalue weighted by molar-refractivity contribution is 5.97. The van der Waals surface area contributed by atoms with Crippen LogP contribution in [0.5, 0.6) is 0 Å². The number of fused-ring (bicyclic) bond motifs is 1. The fraction of sp³-hybridized carbons (Fsp3) is 0.300. The number of nitrogens with two attached hydrogens (primary N) is 1. The number of anilines is 1. The quantitative estimate of drug-likeness (QED) is 0.263. The average Bonchev–Trinajstić information content (AvgIpc) is 2.98. The number of nitrogens with zero attached hydrogens (tertiary/aromatic N) is 2. The first kappa shape index (κ1) is 26.8. The molecular weight excluding hydrogens is 497 g/mol. The minimum atomic E-state index is -0.976. The Labute approximate surface area is 226 Å². The molecule has 8 nitrogen and oxygen atoms in total. The molecule has 4 aromatic rings. The molecule has 0 saturated carbocycles. The van der Waals surface area contributed by atoms with Crippen molar-refractivity contribution in [1.82, 2.24) is 15.3 Å². The molecule has 0 radical (unpaired) electrons. The van der Waals surface area contributed by atoms with E-state index in [2.05, 4.69) is 20.6 Å². The Bertz CT molecular complexity index is 1410. The SMILES string of the molecule is N[C@@H](C(=O)Nc1cncc(F)c1CC[C@@H]1CN[C@H](CO)CO1)C(c1ccccc1)c1ccnc2ccccc12. The molecule has 0 aliphatic carbocycles. The molecule has 202 valence electrons.